The van der Waals surface area contributed by atoms with Crippen molar-refractivity contribution in [3.8, 4) is 5.75 Å². The summed E-state index contributed by atoms with van der Waals surface area (Å²) in [6.45, 7) is 4.93. The van der Waals surface area contributed by atoms with Crippen molar-refractivity contribution in [2.24, 2.45) is 0 Å². The second-order valence-corrected chi connectivity index (χ2v) is 5.84. The maximum atomic E-state index is 12.6. The molecule has 0 spiro atoms. The van der Waals surface area contributed by atoms with Crippen molar-refractivity contribution in [3.05, 3.63) is 24.0 Å². The number of pyridine rings is 1. The Morgan fingerprint density at radius 1 is 1.40 bits per heavy atom. The monoisotopic (exact) mass is 275 g/mol. The molecule has 0 bridgehead atoms. The molecule has 2 atom stereocenters. The predicted molar refractivity (Wildman–Crippen MR) is 75.6 cm³/mol. The van der Waals surface area contributed by atoms with Crippen LogP contribution in [0.25, 0.3) is 0 Å². The number of aromatic nitrogens is 1. The Balaban J connectivity index is 1.79. The van der Waals surface area contributed by atoms with Crippen molar-refractivity contribution in [2.45, 2.75) is 38.3 Å². The first kappa shape index (κ1) is 13.4. The summed E-state index contributed by atoms with van der Waals surface area (Å²) in [4.78, 5) is 20.9. The molecule has 1 aromatic heterocycles. The summed E-state index contributed by atoms with van der Waals surface area (Å²) in [6, 6.07) is 2.26. The van der Waals surface area contributed by atoms with E-state index in [9.17, 15) is 9.90 Å². The lowest BCUT2D eigenvalue weighted by Gasteiger charge is -2.47. The first-order valence-corrected chi connectivity index (χ1v) is 7.35. The Kier molecular flexibility index (Phi) is 3.61. The summed E-state index contributed by atoms with van der Waals surface area (Å²) in [6.07, 6.45) is 6.56. The highest BCUT2D eigenvalue weighted by atomic mass is 16.3. The second kappa shape index (κ2) is 5.40. The van der Waals surface area contributed by atoms with E-state index in [0.29, 0.717) is 11.6 Å². The number of carbonyl (C=O) groups excluding carboxylic acids is 1. The summed E-state index contributed by atoms with van der Waals surface area (Å²) in [5.74, 6) is -0.113. The maximum Gasteiger partial charge on any atom is 0.258 e. The van der Waals surface area contributed by atoms with Gasteiger partial charge >= 0.3 is 0 Å². The number of piperidine rings is 1. The Morgan fingerprint density at radius 3 is 3.05 bits per heavy atom. The topological polar surface area (TPSA) is 56.7 Å². The highest BCUT2D eigenvalue weighted by Gasteiger charge is 2.35. The fourth-order valence-corrected chi connectivity index (χ4v) is 3.36. The van der Waals surface area contributed by atoms with E-state index in [1.54, 1.807) is 12.3 Å². The summed E-state index contributed by atoms with van der Waals surface area (Å²) in [5.41, 5.74) is 0.358. The predicted octanol–water partition coefficient (Wildman–Crippen LogP) is 1.49. The lowest BCUT2D eigenvalue weighted by atomic mass is 9.96. The molecule has 1 amide bonds. The maximum absolute atomic E-state index is 12.6. The van der Waals surface area contributed by atoms with Gasteiger partial charge in [-0.3, -0.25) is 14.7 Å². The molecule has 20 heavy (non-hydrogen) atoms. The number of amides is 1. The van der Waals surface area contributed by atoms with E-state index in [0.717, 1.165) is 19.6 Å². The summed E-state index contributed by atoms with van der Waals surface area (Å²) in [7, 11) is 0. The molecule has 0 aromatic carbocycles. The average molecular weight is 275 g/mol. The van der Waals surface area contributed by atoms with Crippen molar-refractivity contribution in [3.63, 3.8) is 0 Å². The van der Waals surface area contributed by atoms with Gasteiger partial charge in [-0.25, -0.2) is 0 Å². The Hall–Kier alpha value is -1.62. The molecule has 2 fully saturated rings. The van der Waals surface area contributed by atoms with Gasteiger partial charge in [0.05, 0.1) is 11.8 Å². The molecule has 1 aromatic rings. The quantitative estimate of drug-likeness (QED) is 0.843. The first-order chi connectivity index (χ1) is 9.66. The standard InChI is InChI=1S/C15H21N3O2/c1-11-9-17-7-3-2-4-12(17)10-18(11)15(20)13-5-6-16-8-14(13)19/h5-6,8,11-12,19H,2-4,7,9-10H2,1H3. The van der Waals surface area contributed by atoms with Crippen molar-refractivity contribution < 1.29 is 9.90 Å². The minimum atomic E-state index is -0.0809. The van der Waals surface area contributed by atoms with Gasteiger partial charge in [0.1, 0.15) is 5.75 Å². The van der Waals surface area contributed by atoms with Crippen LogP contribution < -0.4 is 0 Å². The summed E-state index contributed by atoms with van der Waals surface area (Å²) >= 11 is 0. The smallest absolute Gasteiger partial charge is 0.258 e. The minimum absolute atomic E-state index is 0.0317. The Morgan fingerprint density at radius 2 is 2.25 bits per heavy atom. The van der Waals surface area contributed by atoms with Crippen LogP contribution in [0.3, 0.4) is 0 Å². The molecule has 0 saturated carbocycles. The van der Waals surface area contributed by atoms with Crippen LogP contribution in [0, 0.1) is 0 Å². The van der Waals surface area contributed by atoms with Gasteiger partial charge in [-0.05, 0) is 32.4 Å². The lowest BCUT2D eigenvalue weighted by Crippen LogP contribution is -2.60. The largest absolute Gasteiger partial charge is 0.505 e. The molecule has 0 aliphatic carbocycles. The van der Waals surface area contributed by atoms with E-state index in [1.165, 1.54) is 25.5 Å². The lowest BCUT2D eigenvalue weighted by molar-refractivity contribution is 0.0150. The number of piperazine rings is 1. The second-order valence-electron chi connectivity index (χ2n) is 5.84. The number of fused-ring (bicyclic) bond motifs is 1. The number of hydrogen-bond donors (Lipinski definition) is 1. The molecule has 1 N–H and O–H groups in total. The van der Waals surface area contributed by atoms with E-state index < -0.39 is 0 Å². The van der Waals surface area contributed by atoms with E-state index in [-0.39, 0.29) is 17.7 Å². The molecule has 2 saturated heterocycles. The van der Waals surface area contributed by atoms with Crippen LogP contribution in [0.1, 0.15) is 36.5 Å². The zero-order valence-corrected chi connectivity index (χ0v) is 11.8. The number of nitrogens with zero attached hydrogens (tertiary/aromatic N) is 3. The molecular weight excluding hydrogens is 254 g/mol. The van der Waals surface area contributed by atoms with E-state index >= 15 is 0 Å². The molecule has 108 valence electrons. The molecule has 5 heteroatoms. The molecule has 0 radical (unpaired) electrons. The van der Waals surface area contributed by atoms with Crippen molar-refractivity contribution in [1.29, 1.82) is 0 Å². The first-order valence-electron chi connectivity index (χ1n) is 7.35. The fourth-order valence-electron chi connectivity index (χ4n) is 3.36. The third-order valence-electron chi connectivity index (χ3n) is 4.48. The van der Waals surface area contributed by atoms with Gasteiger partial charge in [0, 0.05) is 31.4 Å². The van der Waals surface area contributed by atoms with Crippen LogP contribution in [0.15, 0.2) is 18.5 Å². The summed E-state index contributed by atoms with van der Waals surface area (Å²) < 4.78 is 0. The van der Waals surface area contributed by atoms with Crippen molar-refractivity contribution in [1.82, 2.24) is 14.8 Å². The van der Waals surface area contributed by atoms with Gasteiger partial charge < -0.3 is 10.0 Å². The molecule has 3 heterocycles. The Bertz CT molecular complexity index is 506. The molecule has 5 nitrogen and oxygen atoms in total. The van der Waals surface area contributed by atoms with Gasteiger partial charge in [0.2, 0.25) is 0 Å². The SMILES string of the molecule is CC1CN2CCCCC2CN1C(=O)c1ccncc1O. The van der Waals surface area contributed by atoms with Crippen LogP contribution in [0.2, 0.25) is 0 Å². The number of rotatable bonds is 1. The van der Waals surface area contributed by atoms with Gasteiger partial charge in [-0.2, -0.15) is 0 Å². The van der Waals surface area contributed by atoms with Gasteiger partial charge in [-0.15, -0.1) is 0 Å². The highest BCUT2D eigenvalue weighted by molar-refractivity contribution is 5.96. The van der Waals surface area contributed by atoms with Crippen LogP contribution >= 0.6 is 0 Å². The van der Waals surface area contributed by atoms with E-state index in [2.05, 4.69) is 16.8 Å². The van der Waals surface area contributed by atoms with E-state index in [1.807, 2.05) is 4.90 Å². The average Bonchev–Trinajstić information content (AvgIpc) is 2.46. The van der Waals surface area contributed by atoms with E-state index in [4.69, 9.17) is 0 Å². The van der Waals surface area contributed by atoms with Gasteiger partial charge in [-0.1, -0.05) is 6.42 Å². The molecule has 2 unspecified atom stereocenters. The van der Waals surface area contributed by atoms with Crippen molar-refractivity contribution in [2.75, 3.05) is 19.6 Å². The fraction of sp³-hybridized carbons (Fsp3) is 0.600. The van der Waals surface area contributed by atoms with Crippen LogP contribution in [-0.2, 0) is 0 Å². The minimum Gasteiger partial charge on any atom is -0.505 e. The third-order valence-corrected chi connectivity index (χ3v) is 4.48. The normalized spacial score (nSPS) is 27.1. The van der Waals surface area contributed by atoms with Gasteiger partial charge in [0.15, 0.2) is 0 Å². The number of hydrogen-bond acceptors (Lipinski definition) is 4. The number of aromatic hydroxyl groups is 1. The van der Waals surface area contributed by atoms with Gasteiger partial charge in [0.25, 0.3) is 5.91 Å². The third kappa shape index (κ3) is 2.38. The van der Waals surface area contributed by atoms with Crippen LogP contribution in [-0.4, -0.2) is 57.5 Å². The molecular formula is C15H21N3O2. The summed E-state index contributed by atoms with van der Waals surface area (Å²) in [5, 5.41) is 9.81. The zero-order chi connectivity index (χ0) is 14.1. The highest BCUT2D eigenvalue weighted by Crippen LogP contribution is 2.26. The molecule has 3 rings (SSSR count). The Labute approximate surface area is 119 Å². The molecule has 2 aliphatic heterocycles. The molecule has 2 aliphatic rings. The van der Waals surface area contributed by atoms with Crippen molar-refractivity contribution >= 4 is 5.91 Å². The zero-order valence-electron chi connectivity index (χ0n) is 11.8. The van der Waals surface area contributed by atoms with Crippen LogP contribution in [0.4, 0.5) is 0 Å². The number of carbonyl (C=O) groups is 1. The van der Waals surface area contributed by atoms with Crippen LogP contribution in [0.5, 0.6) is 5.75 Å².